The average Bonchev–Trinajstić information content (AvgIpc) is 2.63. The van der Waals surface area contributed by atoms with E-state index in [0.29, 0.717) is 0 Å². The summed E-state index contributed by atoms with van der Waals surface area (Å²) in [6.07, 6.45) is 2.58. The summed E-state index contributed by atoms with van der Waals surface area (Å²) in [6, 6.07) is 20.3. The molecule has 2 aromatic rings. The Morgan fingerprint density at radius 1 is 1.08 bits per heavy atom. The van der Waals surface area contributed by atoms with E-state index in [1.807, 2.05) is 60.7 Å². The van der Waals surface area contributed by atoms with Crippen molar-refractivity contribution in [2.24, 2.45) is 5.92 Å². The standard InChI is InChI=1S/C23H30N2O/c1-18-10-9-15-25(16-18)17-19(2)24-23(26)22(20-11-5-3-6-12-20)21-13-7-4-8-14-21/h3-8,11-14,18-19,22H,9-10,15-17H2,1-2H3,(H,24,26). The zero-order valence-corrected chi connectivity index (χ0v) is 15.9. The van der Waals surface area contributed by atoms with Crippen LogP contribution in [0.3, 0.4) is 0 Å². The van der Waals surface area contributed by atoms with Crippen molar-refractivity contribution in [3.63, 3.8) is 0 Å². The highest BCUT2D eigenvalue weighted by Crippen LogP contribution is 2.25. The first-order chi connectivity index (χ1) is 12.6. The van der Waals surface area contributed by atoms with Crippen LogP contribution in [0.4, 0.5) is 0 Å². The number of hydrogen-bond acceptors (Lipinski definition) is 2. The van der Waals surface area contributed by atoms with Crippen molar-refractivity contribution in [2.45, 2.75) is 38.6 Å². The number of likely N-dealkylation sites (tertiary alicyclic amines) is 1. The largest absolute Gasteiger partial charge is 0.352 e. The van der Waals surface area contributed by atoms with E-state index < -0.39 is 0 Å². The van der Waals surface area contributed by atoms with E-state index >= 15 is 0 Å². The molecule has 1 heterocycles. The van der Waals surface area contributed by atoms with Gasteiger partial charge in [0.25, 0.3) is 0 Å². The summed E-state index contributed by atoms with van der Waals surface area (Å²) in [6.45, 7) is 7.64. The summed E-state index contributed by atoms with van der Waals surface area (Å²) in [5.74, 6) is 0.577. The van der Waals surface area contributed by atoms with Crippen molar-refractivity contribution >= 4 is 5.91 Å². The quantitative estimate of drug-likeness (QED) is 0.852. The molecule has 1 fully saturated rings. The topological polar surface area (TPSA) is 32.3 Å². The first kappa shape index (κ1) is 18.7. The zero-order valence-electron chi connectivity index (χ0n) is 15.9. The summed E-state index contributed by atoms with van der Waals surface area (Å²) >= 11 is 0. The second kappa shape index (κ2) is 9.00. The van der Waals surface area contributed by atoms with Gasteiger partial charge in [0.1, 0.15) is 0 Å². The number of hydrogen-bond donors (Lipinski definition) is 1. The molecule has 26 heavy (non-hydrogen) atoms. The van der Waals surface area contributed by atoms with Crippen LogP contribution in [0.25, 0.3) is 0 Å². The van der Waals surface area contributed by atoms with E-state index in [4.69, 9.17) is 0 Å². The minimum atomic E-state index is -0.264. The predicted molar refractivity (Wildman–Crippen MR) is 107 cm³/mol. The third-order valence-corrected chi connectivity index (χ3v) is 5.19. The fourth-order valence-corrected chi connectivity index (χ4v) is 4.00. The number of nitrogens with zero attached hydrogens (tertiary/aromatic N) is 1. The maximum Gasteiger partial charge on any atom is 0.232 e. The molecule has 0 aromatic heterocycles. The maximum absolute atomic E-state index is 13.1. The number of benzene rings is 2. The van der Waals surface area contributed by atoms with Gasteiger partial charge in [0.15, 0.2) is 0 Å². The molecule has 0 spiro atoms. The van der Waals surface area contributed by atoms with Gasteiger partial charge in [-0.2, -0.15) is 0 Å². The Labute approximate surface area is 157 Å². The lowest BCUT2D eigenvalue weighted by molar-refractivity contribution is -0.122. The van der Waals surface area contributed by atoms with Gasteiger partial charge in [-0.1, -0.05) is 67.6 Å². The van der Waals surface area contributed by atoms with E-state index in [0.717, 1.165) is 36.7 Å². The summed E-state index contributed by atoms with van der Waals surface area (Å²) in [5.41, 5.74) is 2.07. The van der Waals surface area contributed by atoms with Crippen molar-refractivity contribution < 1.29 is 4.79 Å². The lowest BCUT2D eigenvalue weighted by Gasteiger charge is -2.33. The van der Waals surface area contributed by atoms with Crippen LogP contribution in [0.5, 0.6) is 0 Å². The summed E-state index contributed by atoms with van der Waals surface area (Å²) < 4.78 is 0. The fourth-order valence-electron chi connectivity index (χ4n) is 4.00. The SMILES string of the molecule is CC1CCCN(CC(C)NC(=O)C(c2ccccc2)c2ccccc2)C1. The first-order valence-corrected chi connectivity index (χ1v) is 9.76. The molecule has 1 amide bonds. The highest BCUT2D eigenvalue weighted by molar-refractivity contribution is 5.87. The van der Waals surface area contributed by atoms with Crippen LogP contribution in [-0.4, -0.2) is 36.5 Å². The maximum atomic E-state index is 13.1. The van der Waals surface area contributed by atoms with Crippen LogP contribution >= 0.6 is 0 Å². The first-order valence-electron chi connectivity index (χ1n) is 9.76. The number of carbonyl (C=O) groups excluding carboxylic acids is 1. The number of rotatable bonds is 6. The molecule has 0 aliphatic carbocycles. The van der Waals surface area contributed by atoms with Crippen LogP contribution < -0.4 is 5.32 Å². The van der Waals surface area contributed by atoms with Crippen molar-refractivity contribution in [1.29, 1.82) is 0 Å². The molecule has 138 valence electrons. The number of piperidine rings is 1. The molecule has 0 saturated carbocycles. The molecule has 3 rings (SSSR count). The van der Waals surface area contributed by atoms with E-state index in [-0.39, 0.29) is 17.9 Å². The van der Waals surface area contributed by atoms with Crippen LogP contribution in [0, 0.1) is 5.92 Å². The molecule has 2 unspecified atom stereocenters. The third-order valence-electron chi connectivity index (χ3n) is 5.19. The van der Waals surface area contributed by atoms with Gasteiger partial charge in [0.2, 0.25) is 5.91 Å². The summed E-state index contributed by atoms with van der Waals surface area (Å²) in [5, 5.41) is 3.26. The molecular weight excluding hydrogens is 320 g/mol. The molecule has 1 aliphatic rings. The van der Waals surface area contributed by atoms with Crippen LogP contribution in [-0.2, 0) is 4.79 Å². The van der Waals surface area contributed by atoms with Gasteiger partial charge >= 0.3 is 0 Å². The average molecular weight is 351 g/mol. The van der Waals surface area contributed by atoms with Gasteiger partial charge in [-0.05, 0) is 43.4 Å². The van der Waals surface area contributed by atoms with E-state index in [1.54, 1.807) is 0 Å². The lowest BCUT2D eigenvalue weighted by atomic mass is 9.90. The second-order valence-corrected chi connectivity index (χ2v) is 7.67. The molecule has 3 nitrogen and oxygen atoms in total. The van der Waals surface area contributed by atoms with Crippen LogP contribution in [0.15, 0.2) is 60.7 Å². The predicted octanol–water partition coefficient (Wildman–Crippen LogP) is 4.06. The number of amides is 1. The molecule has 3 heteroatoms. The van der Waals surface area contributed by atoms with Crippen LogP contribution in [0.1, 0.15) is 43.7 Å². The summed E-state index contributed by atoms with van der Waals surface area (Å²) in [4.78, 5) is 15.6. The normalized spacial score (nSPS) is 19.3. The lowest BCUT2D eigenvalue weighted by Crippen LogP contribution is -2.46. The Morgan fingerprint density at radius 2 is 1.65 bits per heavy atom. The zero-order chi connectivity index (χ0) is 18.4. The van der Waals surface area contributed by atoms with Gasteiger partial charge in [-0.3, -0.25) is 4.79 Å². The molecule has 1 N–H and O–H groups in total. The monoisotopic (exact) mass is 350 g/mol. The molecule has 0 radical (unpaired) electrons. The van der Waals surface area contributed by atoms with Gasteiger partial charge in [0, 0.05) is 19.1 Å². The molecule has 1 saturated heterocycles. The Balaban J connectivity index is 1.69. The van der Waals surface area contributed by atoms with Crippen LogP contribution in [0.2, 0.25) is 0 Å². The third kappa shape index (κ3) is 4.95. The van der Waals surface area contributed by atoms with Crippen molar-refractivity contribution in [3.05, 3.63) is 71.8 Å². The Morgan fingerprint density at radius 3 is 2.19 bits per heavy atom. The molecular formula is C23H30N2O. The van der Waals surface area contributed by atoms with Gasteiger partial charge < -0.3 is 10.2 Å². The Kier molecular flexibility index (Phi) is 6.45. The van der Waals surface area contributed by atoms with Crippen molar-refractivity contribution in [1.82, 2.24) is 10.2 Å². The van der Waals surface area contributed by atoms with Gasteiger partial charge in [0.05, 0.1) is 5.92 Å². The molecule has 0 bridgehead atoms. The molecule has 1 aliphatic heterocycles. The minimum Gasteiger partial charge on any atom is -0.352 e. The van der Waals surface area contributed by atoms with E-state index in [9.17, 15) is 4.79 Å². The molecule has 2 aromatic carbocycles. The Bertz CT molecular complexity index is 646. The number of nitrogens with one attached hydrogen (secondary N) is 1. The fraction of sp³-hybridized carbons (Fsp3) is 0.435. The van der Waals surface area contributed by atoms with Gasteiger partial charge in [-0.25, -0.2) is 0 Å². The van der Waals surface area contributed by atoms with Crippen molar-refractivity contribution in [3.8, 4) is 0 Å². The highest BCUT2D eigenvalue weighted by atomic mass is 16.1. The summed E-state index contributed by atoms with van der Waals surface area (Å²) in [7, 11) is 0. The molecule has 2 atom stereocenters. The second-order valence-electron chi connectivity index (χ2n) is 7.67. The van der Waals surface area contributed by atoms with E-state index in [2.05, 4.69) is 24.1 Å². The van der Waals surface area contributed by atoms with Gasteiger partial charge in [-0.15, -0.1) is 0 Å². The van der Waals surface area contributed by atoms with Crippen molar-refractivity contribution in [2.75, 3.05) is 19.6 Å². The smallest absolute Gasteiger partial charge is 0.232 e. The Hall–Kier alpha value is -2.13. The van der Waals surface area contributed by atoms with E-state index in [1.165, 1.54) is 12.8 Å². The number of carbonyl (C=O) groups is 1. The minimum absolute atomic E-state index is 0.0833. The highest BCUT2D eigenvalue weighted by Gasteiger charge is 2.25.